The number of hydrogen-bond donors (Lipinski definition) is 1. The van der Waals surface area contributed by atoms with Crippen LogP contribution in [-0.2, 0) is 13.0 Å². The molecule has 4 aromatic rings. The average Bonchev–Trinajstić information content (AvgIpc) is 2.94. The van der Waals surface area contributed by atoms with Crippen molar-refractivity contribution in [3.05, 3.63) is 91.9 Å². The van der Waals surface area contributed by atoms with Gasteiger partial charge in [-0.05, 0) is 54.4 Å². The molecule has 4 rings (SSSR count). The van der Waals surface area contributed by atoms with Gasteiger partial charge >= 0.3 is 5.97 Å². The van der Waals surface area contributed by atoms with Gasteiger partial charge in [-0.25, -0.2) is 9.78 Å². The summed E-state index contributed by atoms with van der Waals surface area (Å²) in [4.78, 5) is 29.1. The molecule has 0 spiro atoms. The van der Waals surface area contributed by atoms with Gasteiger partial charge in [0.2, 0.25) is 5.75 Å². The lowest BCUT2D eigenvalue weighted by Gasteiger charge is -2.15. The molecule has 0 aliphatic carbocycles. The van der Waals surface area contributed by atoms with E-state index < -0.39 is 5.97 Å². The molecule has 202 valence electrons. The summed E-state index contributed by atoms with van der Waals surface area (Å²) in [6.07, 6.45) is 4.00. The minimum absolute atomic E-state index is 0.175. The molecule has 10 heteroatoms. The van der Waals surface area contributed by atoms with E-state index in [1.165, 1.54) is 31.0 Å². The fraction of sp³-hybridized carbons (Fsp3) is 0.241. The van der Waals surface area contributed by atoms with Crippen molar-refractivity contribution in [2.75, 3.05) is 14.2 Å². The number of aromatic carboxylic acids is 1. The number of nitrogens with zero attached hydrogens (tertiary/aromatic N) is 3. The predicted octanol–water partition coefficient (Wildman–Crippen LogP) is 5.68. The van der Waals surface area contributed by atoms with Crippen LogP contribution < -0.4 is 19.8 Å². The highest BCUT2D eigenvalue weighted by Gasteiger charge is 2.15. The van der Waals surface area contributed by atoms with Crippen LogP contribution in [-0.4, -0.2) is 41.2 Å². The van der Waals surface area contributed by atoms with E-state index in [0.29, 0.717) is 46.0 Å². The monoisotopic (exact) mass is 593 g/mol. The van der Waals surface area contributed by atoms with Crippen molar-refractivity contribution < 1.29 is 24.1 Å². The molecule has 3 aromatic carbocycles. The Balaban J connectivity index is 1.66. The van der Waals surface area contributed by atoms with Gasteiger partial charge < -0.3 is 19.3 Å². The normalized spacial score (nSPS) is 11.2. The molecule has 0 saturated heterocycles. The van der Waals surface area contributed by atoms with Crippen LogP contribution in [0.5, 0.6) is 17.2 Å². The van der Waals surface area contributed by atoms with Crippen LogP contribution in [0.3, 0.4) is 0 Å². The molecule has 0 saturated carbocycles. The van der Waals surface area contributed by atoms with Gasteiger partial charge in [-0.15, -0.1) is 0 Å². The van der Waals surface area contributed by atoms with Crippen LogP contribution in [0.25, 0.3) is 10.9 Å². The lowest BCUT2D eigenvalue weighted by atomic mass is 10.1. The predicted molar refractivity (Wildman–Crippen MR) is 153 cm³/mol. The number of aromatic nitrogens is 2. The van der Waals surface area contributed by atoms with Crippen molar-refractivity contribution in [3.63, 3.8) is 0 Å². The number of rotatable bonds is 11. The third-order valence-corrected chi connectivity index (χ3v) is 6.51. The SMILES string of the molecule is CCCCc1nc2ccc(Br)cc2c(=O)n1N=Cc1cc(OC)c(OCc2ccc(C(=O)O)cc2)c(OC)c1. The van der Waals surface area contributed by atoms with Gasteiger partial charge in [0.15, 0.2) is 11.5 Å². The average molecular weight is 594 g/mol. The number of aryl methyl sites for hydroxylation is 1. The van der Waals surface area contributed by atoms with E-state index in [1.54, 1.807) is 36.5 Å². The highest BCUT2D eigenvalue weighted by Crippen LogP contribution is 2.38. The number of ether oxygens (including phenoxy) is 3. The summed E-state index contributed by atoms with van der Waals surface area (Å²) in [5, 5.41) is 14.1. The van der Waals surface area contributed by atoms with Gasteiger partial charge in [0, 0.05) is 16.5 Å². The van der Waals surface area contributed by atoms with Crippen LogP contribution in [0.15, 0.2) is 69.0 Å². The number of carbonyl (C=O) groups is 1. The molecule has 0 unspecified atom stereocenters. The van der Waals surface area contributed by atoms with Crippen LogP contribution in [0.4, 0.5) is 0 Å². The second-order valence-electron chi connectivity index (χ2n) is 8.70. The summed E-state index contributed by atoms with van der Waals surface area (Å²) in [6.45, 7) is 2.26. The van der Waals surface area contributed by atoms with Crippen LogP contribution in [0, 0.1) is 0 Å². The molecule has 0 atom stereocenters. The lowest BCUT2D eigenvalue weighted by Crippen LogP contribution is -2.22. The maximum Gasteiger partial charge on any atom is 0.335 e. The minimum Gasteiger partial charge on any atom is -0.493 e. The molecular formula is C29H28BrN3O6. The van der Waals surface area contributed by atoms with Crippen molar-refractivity contribution in [3.8, 4) is 17.2 Å². The number of unbranched alkanes of at least 4 members (excludes halogenated alkanes) is 1. The van der Waals surface area contributed by atoms with Crippen molar-refractivity contribution >= 4 is 39.0 Å². The first-order chi connectivity index (χ1) is 18.8. The smallest absolute Gasteiger partial charge is 0.335 e. The molecule has 39 heavy (non-hydrogen) atoms. The number of benzene rings is 3. The van der Waals surface area contributed by atoms with Gasteiger partial charge in [0.25, 0.3) is 5.56 Å². The van der Waals surface area contributed by atoms with Gasteiger partial charge in [0.1, 0.15) is 12.4 Å². The van der Waals surface area contributed by atoms with Crippen molar-refractivity contribution in [2.24, 2.45) is 5.10 Å². The zero-order valence-electron chi connectivity index (χ0n) is 21.8. The number of halogens is 1. The standard InChI is InChI=1S/C29H28BrN3O6/c1-4-5-6-26-32-23-12-11-21(30)15-22(23)28(34)33(26)31-16-19-13-24(37-2)27(25(14-19)38-3)39-17-18-7-9-20(10-8-18)29(35)36/h7-16H,4-6,17H2,1-3H3,(H,35,36). The fourth-order valence-corrected chi connectivity index (χ4v) is 4.31. The number of hydrogen-bond acceptors (Lipinski definition) is 7. The zero-order valence-corrected chi connectivity index (χ0v) is 23.4. The second kappa shape index (κ2) is 12.6. The Morgan fingerprint density at radius 2 is 1.77 bits per heavy atom. The molecule has 0 aliphatic rings. The van der Waals surface area contributed by atoms with Gasteiger partial charge in [-0.1, -0.05) is 41.4 Å². The lowest BCUT2D eigenvalue weighted by molar-refractivity contribution is 0.0697. The first kappa shape index (κ1) is 27.8. The Kier molecular flexibility index (Phi) is 8.98. The quantitative estimate of drug-likeness (QED) is 0.223. The van der Waals surface area contributed by atoms with Crippen LogP contribution in [0.1, 0.15) is 47.1 Å². The Bertz CT molecular complexity index is 1560. The first-order valence-corrected chi connectivity index (χ1v) is 13.1. The summed E-state index contributed by atoms with van der Waals surface area (Å²) >= 11 is 3.42. The highest BCUT2D eigenvalue weighted by atomic mass is 79.9. The molecule has 1 heterocycles. The summed E-state index contributed by atoms with van der Waals surface area (Å²) in [5.74, 6) is 0.808. The molecule has 0 aliphatic heterocycles. The second-order valence-corrected chi connectivity index (χ2v) is 9.62. The molecule has 0 radical (unpaired) electrons. The maximum absolute atomic E-state index is 13.4. The minimum atomic E-state index is -0.991. The summed E-state index contributed by atoms with van der Waals surface area (Å²) in [6, 6.07) is 15.3. The van der Waals surface area contributed by atoms with E-state index in [9.17, 15) is 9.59 Å². The third-order valence-electron chi connectivity index (χ3n) is 6.02. The van der Waals surface area contributed by atoms with Crippen molar-refractivity contribution in [1.82, 2.24) is 9.66 Å². The molecule has 1 N–H and O–H groups in total. The molecule has 0 bridgehead atoms. The van der Waals surface area contributed by atoms with Crippen LogP contribution >= 0.6 is 15.9 Å². The first-order valence-electron chi connectivity index (χ1n) is 12.3. The Labute approximate surface area is 233 Å². The van der Waals surface area contributed by atoms with E-state index in [-0.39, 0.29) is 17.7 Å². The molecule has 1 aromatic heterocycles. The van der Waals surface area contributed by atoms with E-state index in [2.05, 4.69) is 28.0 Å². The highest BCUT2D eigenvalue weighted by molar-refractivity contribution is 9.10. The molecule has 9 nitrogen and oxygen atoms in total. The largest absolute Gasteiger partial charge is 0.493 e. The van der Waals surface area contributed by atoms with Crippen molar-refractivity contribution in [2.45, 2.75) is 32.8 Å². The van der Waals surface area contributed by atoms with Crippen LogP contribution in [0.2, 0.25) is 0 Å². The number of carboxylic acids is 1. The number of methoxy groups -OCH3 is 2. The van der Waals surface area contributed by atoms with Gasteiger partial charge in [0.05, 0.1) is 36.9 Å². The van der Waals surface area contributed by atoms with E-state index in [0.717, 1.165) is 22.9 Å². The third kappa shape index (κ3) is 6.46. The Morgan fingerprint density at radius 3 is 2.38 bits per heavy atom. The Morgan fingerprint density at radius 1 is 1.08 bits per heavy atom. The summed E-state index contributed by atoms with van der Waals surface area (Å²) in [5.41, 5.74) is 1.98. The summed E-state index contributed by atoms with van der Waals surface area (Å²) in [7, 11) is 3.03. The molecular weight excluding hydrogens is 566 g/mol. The van der Waals surface area contributed by atoms with E-state index >= 15 is 0 Å². The van der Waals surface area contributed by atoms with Gasteiger partial charge in [-0.3, -0.25) is 4.79 Å². The van der Waals surface area contributed by atoms with E-state index in [4.69, 9.17) is 24.3 Å². The zero-order chi connectivity index (χ0) is 27.9. The van der Waals surface area contributed by atoms with E-state index in [1.807, 2.05) is 12.1 Å². The molecule has 0 amide bonds. The Hall–Kier alpha value is -4.18. The van der Waals surface area contributed by atoms with Crippen molar-refractivity contribution in [1.29, 1.82) is 0 Å². The topological polar surface area (TPSA) is 112 Å². The number of carboxylic acid groups (broad SMARTS) is 1. The molecule has 0 fully saturated rings. The summed E-state index contributed by atoms with van der Waals surface area (Å²) < 4.78 is 19.2. The fourth-order valence-electron chi connectivity index (χ4n) is 3.95. The number of fused-ring (bicyclic) bond motifs is 1. The van der Waals surface area contributed by atoms with Gasteiger partial charge in [-0.2, -0.15) is 9.78 Å². The maximum atomic E-state index is 13.4.